The number of hydrogen-bond acceptors (Lipinski definition) is 4. The van der Waals surface area contributed by atoms with E-state index >= 15 is 0 Å². The average molecular weight is 337 g/mol. The largest absolute Gasteiger partial charge is 0.468 e. The minimum Gasteiger partial charge on any atom is -0.468 e. The Bertz CT molecular complexity index is 975. The lowest BCUT2D eigenvalue weighted by Gasteiger charge is -2.22. The van der Waals surface area contributed by atoms with Gasteiger partial charge >= 0.3 is 0 Å². The van der Waals surface area contributed by atoms with Gasteiger partial charge in [-0.25, -0.2) is 0 Å². The van der Waals surface area contributed by atoms with Crippen LogP contribution in [0.4, 0.5) is 0 Å². The van der Waals surface area contributed by atoms with Crippen molar-refractivity contribution in [1.82, 2.24) is 9.88 Å². The second-order valence-corrected chi connectivity index (χ2v) is 6.43. The first-order valence-electron chi connectivity index (χ1n) is 8.35. The third-order valence-corrected chi connectivity index (χ3v) is 4.78. The van der Waals surface area contributed by atoms with Crippen molar-refractivity contribution < 1.29 is 9.21 Å². The van der Waals surface area contributed by atoms with Gasteiger partial charge in [-0.1, -0.05) is 0 Å². The van der Waals surface area contributed by atoms with Crippen LogP contribution in [0, 0.1) is 0 Å². The van der Waals surface area contributed by atoms with Crippen LogP contribution in [-0.4, -0.2) is 22.3 Å². The minimum absolute atomic E-state index is 0.111. The summed E-state index contributed by atoms with van der Waals surface area (Å²) in [6.07, 6.45) is 3.85. The number of carbonyl (C=O) groups excluding carboxylic acids is 1. The number of H-pyrrole nitrogens is 1. The number of aromatic nitrogens is 1. The summed E-state index contributed by atoms with van der Waals surface area (Å²) >= 11 is 0. The number of fused-ring (bicyclic) bond motifs is 1. The fourth-order valence-corrected chi connectivity index (χ4v) is 3.58. The van der Waals surface area contributed by atoms with E-state index in [0.717, 1.165) is 30.8 Å². The number of benzene rings is 1. The fraction of sp³-hybridized carbons (Fsp3) is 0.263. The molecule has 6 heteroatoms. The molecule has 128 valence electrons. The molecule has 3 heterocycles. The summed E-state index contributed by atoms with van der Waals surface area (Å²) in [5, 5.41) is 0.476. The molecule has 1 fully saturated rings. The Morgan fingerprint density at radius 3 is 2.96 bits per heavy atom. The molecule has 1 aliphatic heterocycles. The highest BCUT2D eigenvalue weighted by molar-refractivity contribution is 5.96. The van der Waals surface area contributed by atoms with Crippen molar-refractivity contribution in [3.05, 3.63) is 69.9 Å². The molecule has 1 amide bonds. The van der Waals surface area contributed by atoms with Crippen molar-refractivity contribution in [2.45, 2.75) is 25.4 Å². The maximum atomic E-state index is 12.4. The Morgan fingerprint density at radius 2 is 2.20 bits per heavy atom. The lowest BCUT2D eigenvalue weighted by atomic mass is 10.1. The number of nitrogens with zero attached hydrogens (tertiary/aromatic N) is 1. The highest BCUT2D eigenvalue weighted by Gasteiger charge is 2.28. The van der Waals surface area contributed by atoms with E-state index < -0.39 is 5.91 Å². The Hall–Kier alpha value is -2.86. The van der Waals surface area contributed by atoms with E-state index in [-0.39, 0.29) is 11.5 Å². The summed E-state index contributed by atoms with van der Waals surface area (Å²) in [6, 6.07) is 10.6. The van der Waals surface area contributed by atoms with Crippen LogP contribution in [0.2, 0.25) is 0 Å². The van der Waals surface area contributed by atoms with E-state index in [0.29, 0.717) is 23.0 Å². The van der Waals surface area contributed by atoms with E-state index in [1.165, 1.54) is 0 Å². The first kappa shape index (κ1) is 15.7. The summed E-state index contributed by atoms with van der Waals surface area (Å²) in [5.74, 6) is 0.426. The number of primary amides is 1. The van der Waals surface area contributed by atoms with Gasteiger partial charge in [-0.2, -0.15) is 0 Å². The number of pyridine rings is 1. The van der Waals surface area contributed by atoms with Gasteiger partial charge in [0.2, 0.25) is 5.91 Å². The third-order valence-electron chi connectivity index (χ3n) is 4.78. The molecule has 3 N–H and O–H groups in total. The van der Waals surface area contributed by atoms with E-state index in [9.17, 15) is 9.59 Å². The van der Waals surface area contributed by atoms with Gasteiger partial charge < -0.3 is 15.1 Å². The predicted molar refractivity (Wildman–Crippen MR) is 94.2 cm³/mol. The van der Waals surface area contributed by atoms with Gasteiger partial charge in [0.05, 0.1) is 12.3 Å². The lowest BCUT2D eigenvalue weighted by Crippen LogP contribution is -2.24. The van der Waals surface area contributed by atoms with E-state index in [2.05, 4.69) is 9.88 Å². The monoisotopic (exact) mass is 337 g/mol. The first-order chi connectivity index (χ1) is 12.1. The van der Waals surface area contributed by atoms with Crippen molar-refractivity contribution >= 4 is 16.8 Å². The van der Waals surface area contributed by atoms with E-state index in [1.54, 1.807) is 30.5 Å². The Balaban J connectivity index is 1.65. The summed E-state index contributed by atoms with van der Waals surface area (Å²) in [7, 11) is 0. The SMILES string of the molecule is NC(=O)c1ccc2[nH]c(CN3CCCC3c3ccco3)cc(=O)c2c1. The molecular formula is C19H19N3O3. The smallest absolute Gasteiger partial charge is 0.248 e. The van der Waals surface area contributed by atoms with Crippen LogP contribution in [0.5, 0.6) is 0 Å². The molecule has 1 atom stereocenters. The zero-order valence-corrected chi connectivity index (χ0v) is 13.7. The van der Waals surface area contributed by atoms with Crippen LogP contribution >= 0.6 is 0 Å². The number of furan rings is 1. The number of rotatable bonds is 4. The molecule has 25 heavy (non-hydrogen) atoms. The molecule has 2 aromatic heterocycles. The molecule has 0 spiro atoms. The second-order valence-electron chi connectivity index (χ2n) is 6.43. The number of hydrogen-bond donors (Lipinski definition) is 2. The maximum absolute atomic E-state index is 12.4. The normalized spacial score (nSPS) is 18.0. The van der Waals surface area contributed by atoms with Crippen molar-refractivity contribution in [3.8, 4) is 0 Å². The zero-order valence-electron chi connectivity index (χ0n) is 13.7. The molecule has 0 saturated carbocycles. The first-order valence-corrected chi connectivity index (χ1v) is 8.35. The summed E-state index contributed by atoms with van der Waals surface area (Å²) < 4.78 is 5.56. The molecular weight excluding hydrogens is 318 g/mol. The molecule has 6 nitrogen and oxygen atoms in total. The van der Waals surface area contributed by atoms with Gasteiger partial charge in [0.15, 0.2) is 5.43 Å². The predicted octanol–water partition coefficient (Wildman–Crippen LogP) is 2.56. The third kappa shape index (κ3) is 2.96. The van der Waals surface area contributed by atoms with Crippen molar-refractivity contribution in [3.63, 3.8) is 0 Å². The number of nitrogens with one attached hydrogen (secondary N) is 1. The summed E-state index contributed by atoms with van der Waals surface area (Å²) in [5.41, 5.74) is 7.07. The highest BCUT2D eigenvalue weighted by Crippen LogP contribution is 2.33. The minimum atomic E-state index is -0.538. The Labute approximate surface area is 144 Å². The van der Waals surface area contributed by atoms with Crippen molar-refractivity contribution in [1.29, 1.82) is 0 Å². The molecule has 3 aromatic rings. The maximum Gasteiger partial charge on any atom is 0.248 e. The van der Waals surface area contributed by atoms with Crippen LogP contribution in [0.3, 0.4) is 0 Å². The number of amides is 1. The van der Waals surface area contributed by atoms with Crippen LogP contribution in [0.15, 0.2) is 51.9 Å². The number of nitrogens with two attached hydrogens (primary N) is 1. The number of likely N-dealkylation sites (tertiary alicyclic amines) is 1. The second kappa shape index (κ2) is 6.22. The van der Waals surface area contributed by atoms with Crippen LogP contribution in [0.25, 0.3) is 10.9 Å². The van der Waals surface area contributed by atoms with Gasteiger partial charge in [0.25, 0.3) is 0 Å². The van der Waals surface area contributed by atoms with Crippen molar-refractivity contribution in [2.24, 2.45) is 5.73 Å². The fourth-order valence-electron chi connectivity index (χ4n) is 3.58. The Morgan fingerprint density at radius 1 is 1.32 bits per heavy atom. The summed E-state index contributed by atoms with van der Waals surface area (Å²) in [4.78, 5) is 29.4. The molecule has 1 aliphatic rings. The molecule has 1 aromatic carbocycles. The van der Waals surface area contributed by atoms with Gasteiger partial charge in [-0.3, -0.25) is 14.5 Å². The number of aromatic amines is 1. The van der Waals surface area contributed by atoms with Crippen LogP contribution in [-0.2, 0) is 6.54 Å². The lowest BCUT2D eigenvalue weighted by molar-refractivity contribution is 0.100. The molecule has 1 unspecified atom stereocenters. The molecule has 0 radical (unpaired) electrons. The highest BCUT2D eigenvalue weighted by atomic mass is 16.3. The standard InChI is InChI=1S/C19H19N3O3/c20-19(24)12-5-6-15-14(9-12)17(23)10-13(21-15)11-22-7-1-3-16(22)18-4-2-8-25-18/h2,4-6,8-10,16H,1,3,7,11H2,(H2,20,24)(H,21,23). The molecule has 1 saturated heterocycles. The zero-order chi connectivity index (χ0) is 17.4. The van der Waals surface area contributed by atoms with Crippen LogP contribution < -0.4 is 11.2 Å². The molecule has 4 rings (SSSR count). The number of carbonyl (C=O) groups is 1. The molecule has 0 aliphatic carbocycles. The Kier molecular flexibility index (Phi) is 3.89. The topological polar surface area (TPSA) is 92.3 Å². The van der Waals surface area contributed by atoms with Gasteiger partial charge in [0, 0.05) is 34.8 Å². The van der Waals surface area contributed by atoms with Crippen molar-refractivity contribution in [2.75, 3.05) is 6.54 Å². The van der Waals surface area contributed by atoms with Gasteiger partial charge in [0.1, 0.15) is 5.76 Å². The van der Waals surface area contributed by atoms with E-state index in [1.807, 2.05) is 12.1 Å². The van der Waals surface area contributed by atoms with Gasteiger partial charge in [-0.05, 0) is 49.7 Å². The quantitative estimate of drug-likeness (QED) is 0.765. The average Bonchev–Trinajstić information content (AvgIpc) is 3.25. The molecule has 0 bridgehead atoms. The van der Waals surface area contributed by atoms with Gasteiger partial charge in [-0.15, -0.1) is 0 Å². The summed E-state index contributed by atoms with van der Waals surface area (Å²) in [6.45, 7) is 1.61. The van der Waals surface area contributed by atoms with Crippen LogP contribution in [0.1, 0.15) is 40.7 Å². The van der Waals surface area contributed by atoms with E-state index in [4.69, 9.17) is 10.2 Å².